The maximum atomic E-state index is 12.8. The first-order valence-electron chi connectivity index (χ1n) is 10.1. The summed E-state index contributed by atoms with van der Waals surface area (Å²) in [6, 6.07) is 5.70. The van der Waals surface area contributed by atoms with Crippen LogP contribution in [0.15, 0.2) is 30.0 Å². The fourth-order valence-electron chi connectivity index (χ4n) is 3.85. The molecule has 0 saturated carbocycles. The first kappa shape index (κ1) is 21.5. The number of carbonyl (C=O) groups is 1. The molecule has 0 aromatic heterocycles. The van der Waals surface area contributed by atoms with E-state index < -0.39 is 8.32 Å². The summed E-state index contributed by atoms with van der Waals surface area (Å²) >= 11 is 12.5. The van der Waals surface area contributed by atoms with Crippen molar-refractivity contribution in [2.45, 2.75) is 45.3 Å². The molecule has 3 rings (SSSR count). The van der Waals surface area contributed by atoms with Crippen LogP contribution in [-0.2, 0) is 9.22 Å². The van der Waals surface area contributed by atoms with Crippen molar-refractivity contribution in [3.8, 4) is 0 Å². The Kier molecular flexibility index (Phi) is 7.00. The molecule has 1 aliphatic carbocycles. The van der Waals surface area contributed by atoms with E-state index in [9.17, 15) is 4.79 Å². The van der Waals surface area contributed by atoms with E-state index in [1.165, 1.54) is 0 Å². The summed E-state index contributed by atoms with van der Waals surface area (Å²) in [7, 11) is -1.53. The molecule has 7 heteroatoms. The quantitative estimate of drug-likeness (QED) is 0.561. The van der Waals surface area contributed by atoms with E-state index in [0.717, 1.165) is 56.9 Å². The zero-order valence-electron chi connectivity index (χ0n) is 17.0. The molecule has 1 aliphatic heterocycles. The van der Waals surface area contributed by atoms with E-state index in [2.05, 4.69) is 30.6 Å². The van der Waals surface area contributed by atoms with Gasteiger partial charge in [0.15, 0.2) is 0 Å². The smallest absolute Gasteiger partial charge is 0.241 e. The van der Waals surface area contributed by atoms with Gasteiger partial charge in [0.2, 0.25) is 14.2 Å². The largest absolute Gasteiger partial charge is 0.548 e. The Morgan fingerprint density at radius 1 is 1.18 bits per heavy atom. The van der Waals surface area contributed by atoms with Crippen LogP contribution in [0.5, 0.6) is 0 Å². The molecular weight excluding hydrogens is 411 g/mol. The van der Waals surface area contributed by atoms with Gasteiger partial charge in [-0.05, 0) is 56.6 Å². The Hall–Kier alpha value is -1.17. The number of hydrogen-bond acceptors (Lipinski definition) is 3. The van der Waals surface area contributed by atoms with Gasteiger partial charge in [0, 0.05) is 39.0 Å². The number of halogens is 2. The number of nitrogens with zero attached hydrogens (tertiary/aromatic N) is 2. The number of amides is 1. The van der Waals surface area contributed by atoms with Crippen LogP contribution < -0.4 is 4.90 Å². The first-order valence-corrected chi connectivity index (χ1v) is 14.2. The van der Waals surface area contributed by atoms with Gasteiger partial charge in [-0.25, -0.2) is 0 Å². The van der Waals surface area contributed by atoms with Crippen LogP contribution in [0.2, 0.25) is 29.7 Å². The minimum atomic E-state index is -1.53. The molecule has 1 aromatic carbocycles. The van der Waals surface area contributed by atoms with E-state index >= 15 is 0 Å². The highest BCUT2D eigenvalue weighted by Crippen LogP contribution is 2.33. The van der Waals surface area contributed by atoms with Crippen LogP contribution in [-0.4, -0.2) is 45.3 Å². The number of benzene rings is 1. The third kappa shape index (κ3) is 5.68. The van der Waals surface area contributed by atoms with E-state index in [4.69, 9.17) is 27.6 Å². The minimum absolute atomic E-state index is 0.268. The average molecular weight is 441 g/mol. The monoisotopic (exact) mass is 440 g/mol. The van der Waals surface area contributed by atoms with Gasteiger partial charge in [0.1, 0.15) is 0 Å². The number of hydrogen-bond donors (Lipinski definition) is 0. The average Bonchev–Trinajstić information content (AvgIpc) is 2.64. The van der Waals surface area contributed by atoms with Crippen LogP contribution in [0.4, 0.5) is 5.69 Å². The molecule has 1 atom stereocenters. The summed E-state index contributed by atoms with van der Waals surface area (Å²) < 4.78 is 6.10. The summed E-state index contributed by atoms with van der Waals surface area (Å²) in [5, 5.41) is 1.16. The third-order valence-electron chi connectivity index (χ3n) is 5.28. The number of anilines is 1. The molecule has 0 N–H and O–H groups in total. The highest BCUT2D eigenvalue weighted by atomic mass is 35.5. The maximum Gasteiger partial charge on any atom is 0.241 e. The summed E-state index contributed by atoms with van der Waals surface area (Å²) in [4.78, 5) is 17.0. The lowest BCUT2D eigenvalue weighted by Crippen LogP contribution is -2.49. The second-order valence-corrected chi connectivity index (χ2v) is 13.9. The van der Waals surface area contributed by atoms with Gasteiger partial charge in [0.05, 0.1) is 21.5 Å². The summed E-state index contributed by atoms with van der Waals surface area (Å²) in [6.45, 7) is 9.65. The molecule has 0 bridgehead atoms. The van der Waals surface area contributed by atoms with Crippen LogP contribution in [0, 0.1) is 5.92 Å². The van der Waals surface area contributed by atoms with Crippen molar-refractivity contribution >= 4 is 43.1 Å². The Morgan fingerprint density at radius 3 is 2.50 bits per heavy atom. The van der Waals surface area contributed by atoms with Crippen LogP contribution >= 0.6 is 23.2 Å². The fraction of sp³-hybridized carbons (Fsp3) is 0.571. The number of piperazine rings is 1. The lowest BCUT2D eigenvalue weighted by atomic mass is 9.90. The van der Waals surface area contributed by atoms with E-state index in [0.29, 0.717) is 22.4 Å². The number of allylic oxidation sites excluding steroid dienone is 2. The minimum Gasteiger partial charge on any atom is -0.548 e. The van der Waals surface area contributed by atoms with Gasteiger partial charge in [-0.1, -0.05) is 29.3 Å². The number of carbonyl (C=O) groups excluding carboxylic acids is 1. The van der Waals surface area contributed by atoms with Crippen molar-refractivity contribution in [3.05, 3.63) is 40.1 Å². The van der Waals surface area contributed by atoms with Gasteiger partial charge in [-0.3, -0.25) is 4.79 Å². The fourth-order valence-corrected chi connectivity index (χ4v) is 5.23. The summed E-state index contributed by atoms with van der Waals surface area (Å²) in [5.41, 5.74) is 0.952. The maximum absolute atomic E-state index is 12.8. The van der Waals surface area contributed by atoms with Gasteiger partial charge in [0.25, 0.3) is 0 Å². The van der Waals surface area contributed by atoms with Crippen LogP contribution in [0.25, 0.3) is 0 Å². The molecule has 1 aromatic rings. The van der Waals surface area contributed by atoms with Gasteiger partial charge in [-0.2, -0.15) is 0 Å². The summed E-state index contributed by atoms with van der Waals surface area (Å²) in [5.74, 6) is 1.83. The molecule has 1 saturated heterocycles. The first-order chi connectivity index (χ1) is 13.2. The SMILES string of the molecule is C[Si](C)(C)OC1=CCC(CC(=O)N2CCN(c3cccc(Cl)c3Cl)CC2)CC1. The molecule has 2 aliphatic rings. The van der Waals surface area contributed by atoms with Crippen molar-refractivity contribution < 1.29 is 9.22 Å². The normalized spacial score (nSPS) is 20.8. The molecule has 1 fully saturated rings. The predicted octanol–water partition coefficient (Wildman–Crippen LogP) is 5.57. The lowest BCUT2D eigenvalue weighted by Gasteiger charge is -2.37. The van der Waals surface area contributed by atoms with Crippen molar-refractivity contribution in [3.63, 3.8) is 0 Å². The molecule has 0 spiro atoms. The van der Waals surface area contributed by atoms with Gasteiger partial charge >= 0.3 is 0 Å². The zero-order valence-corrected chi connectivity index (χ0v) is 19.5. The van der Waals surface area contributed by atoms with E-state index in [1.54, 1.807) is 6.07 Å². The highest BCUT2D eigenvalue weighted by Gasteiger charge is 2.27. The van der Waals surface area contributed by atoms with Crippen LogP contribution in [0.1, 0.15) is 25.7 Å². The van der Waals surface area contributed by atoms with E-state index in [1.807, 2.05) is 17.0 Å². The molecule has 154 valence electrons. The van der Waals surface area contributed by atoms with Gasteiger partial charge < -0.3 is 14.2 Å². The third-order valence-corrected chi connectivity index (χ3v) is 6.97. The Balaban J connectivity index is 1.48. The Morgan fingerprint density at radius 2 is 1.89 bits per heavy atom. The topological polar surface area (TPSA) is 32.8 Å². The lowest BCUT2D eigenvalue weighted by molar-refractivity contribution is -0.132. The highest BCUT2D eigenvalue weighted by molar-refractivity contribution is 6.70. The van der Waals surface area contributed by atoms with Gasteiger partial charge in [-0.15, -0.1) is 0 Å². The molecule has 4 nitrogen and oxygen atoms in total. The molecule has 28 heavy (non-hydrogen) atoms. The number of rotatable bonds is 5. The van der Waals surface area contributed by atoms with E-state index in [-0.39, 0.29) is 5.91 Å². The Labute approximate surface area is 179 Å². The van der Waals surface area contributed by atoms with Crippen molar-refractivity contribution in [2.24, 2.45) is 5.92 Å². The Bertz CT molecular complexity index is 740. The predicted molar refractivity (Wildman–Crippen MR) is 120 cm³/mol. The van der Waals surface area contributed by atoms with Crippen LogP contribution in [0.3, 0.4) is 0 Å². The second kappa shape index (κ2) is 9.10. The standard InChI is InChI=1S/C21H30Cl2N2O2Si/c1-28(2,3)27-17-9-7-16(8-10-17)15-20(26)25-13-11-24(12-14-25)19-6-4-5-18(22)21(19)23/h4-6,9,16H,7-8,10-15H2,1-3H3. The van der Waals surface area contributed by atoms with Crippen molar-refractivity contribution in [1.29, 1.82) is 0 Å². The zero-order chi connectivity index (χ0) is 20.3. The molecule has 0 radical (unpaired) electrons. The molecule has 1 amide bonds. The molecule has 1 heterocycles. The second-order valence-electron chi connectivity index (χ2n) is 8.67. The molecular formula is C21H30Cl2N2O2Si. The van der Waals surface area contributed by atoms with Crippen molar-refractivity contribution in [1.82, 2.24) is 4.90 Å². The van der Waals surface area contributed by atoms with Crippen molar-refractivity contribution in [2.75, 3.05) is 31.1 Å². The summed E-state index contributed by atoms with van der Waals surface area (Å²) in [6.07, 6.45) is 5.79. The molecule has 1 unspecified atom stereocenters.